The van der Waals surface area contributed by atoms with Crippen molar-refractivity contribution in [3.63, 3.8) is 0 Å². The molecule has 0 aromatic carbocycles. The third-order valence-corrected chi connectivity index (χ3v) is 4.97. The van der Waals surface area contributed by atoms with Gasteiger partial charge < -0.3 is 20.1 Å². The van der Waals surface area contributed by atoms with Crippen LogP contribution in [0, 0.1) is 0 Å². The van der Waals surface area contributed by atoms with Crippen LogP contribution in [0.15, 0.2) is 0 Å². The molecule has 0 atom stereocenters. The fourth-order valence-electron chi connectivity index (χ4n) is 3.93. The van der Waals surface area contributed by atoms with Crippen LogP contribution in [0.5, 0.6) is 0 Å². The first kappa shape index (κ1) is 20.2. The van der Waals surface area contributed by atoms with Gasteiger partial charge in [0.25, 0.3) is 0 Å². The number of rotatable bonds is 6. The predicted molar refractivity (Wildman–Crippen MR) is 86.7 cm³/mol. The number of alkyl halides is 3. The summed E-state index contributed by atoms with van der Waals surface area (Å²) in [4.78, 5) is 23.8. The van der Waals surface area contributed by atoms with E-state index in [0.717, 1.165) is 0 Å². The van der Waals surface area contributed by atoms with E-state index in [1.54, 1.807) is 0 Å². The number of halogens is 3. The number of ether oxygens (including phenoxy) is 3. The molecule has 10 heteroatoms. The van der Waals surface area contributed by atoms with Crippen molar-refractivity contribution in [2.75, 3.05) is 6.61 Å². The minimum absolute atomic E-state index is 0.123. The molecule has 2 N–H and O–H groups in total. The first-order valence-corrected chi connectivity index (χ1v) is 8.96. The lowest BCUT2D eigenvalue weighted by atomic mass is 9.46. The van der Waals surface area contributed by atoms with E-state index < -0.39 is 30.3 Å². The number of amides is 2. The zero-order chi connectivity index (χ0) is 20.1. The topological polar surface area (TPSA) is 85.9 Å². The van der Waals surface area contributed by atoms with Crippen molar-refractivity contribution in [1.29, 1.82) is 0 Å². The lowest BCUT2D eigenvalue weighted by molar-refractivity contribution is -0.357. The van der Waals surface area contributed by atoms with E-state index in [0.29, 0.717) is 19.3 Å². The molecule has 0 unspecified atom stereocenters. The molecule has 154 valence electrons. The van der Waals surface area contributed by atoms with Crippen LogP contribution in [0.1, 0.15) is 52.9 Å². The molecule has 0 heterocycles. The largest absolute Gasteiger partial charge is 0.522 e. The van der Waals surface area contributed by atoms with Crippen LogP contribution in [-0.2, 0) is 19.0 Å². The fraction of sp³-hybridized carbons (Fsp3) is 0.882. The molecule has 0 aliphatic heterocycles. The van der Waals surface area contributed by atoms with Gasteiger partial charge in [-0.15, -0.1) is 13.2 Å². The van der Waals surface area contributed by atoms with E-state index in [2.05, 4.69) is 15.4 Å². The Kier molecular flexibility index (Phi) is 4.87. The average molecular weight is 394 g/mol. The molecular weight excluding hydrogens is 369 g/mol. The number of carbonyl (C=O) groups is 2. The highest BCUT2D eigenvalue weighted by atomic mass is 19.4. The van der Waals surface area contributed by atoms with Crippen molar-refractivity contribution in [2.45, 2.75) is 88.1 Å². The number of carbonyl (C=O) groups excluding carboxylic acids is 2. The summed E-state index contributed by atoms with van der Waals surface area (Å²) in [7, 11) is 0. The van der Waals surface area contributed by atoms with Gasteiger partial charge in [0.05, 0.1) is 17.7 Å². The molecule has 0 saturated heterocycles. The van der Waals surface area contributed by atoms with Gasteiger partial charge in [-0.1, -0.05) is 0 Å². The Morgan fingerprint density at radius 3 is 2.19 bits per heavy atom. The lowest BCUT2D eigenvalue weighted by Gasteiger charge is -2.68. The Balaban J connectivity index is 1.29. The number of hydrogen-bond donors (Lipinski definition) is 2. The van der Waals surface area contributed by atoms with Gasteiger partial charge in [-0.2, -0.15) is 0 Å². The molecule has 7 nitrogen and oxygen atoms in total. The van der Waals surface area contributed by atoms with Crippen LogP contribution >= 0.6 is 0 Å². The third kappa shape index (κ3) is 5.04. The van der Waals surface area contributed by atoms with Crippen molar-refractivity contribution in [1.82, 2.24) is 10.6 Å². The summed E-state index contributed by atoms with van der Waals surface area (Å²) in [5.41, 5.74) is -1.24. The van der Waals surface area contributed by atoms with Crippen molar-refractivity contribution in [3.8, 4) is 0 Å². The van der Waals surface area contributed by atoms with Crippen LogP contribution in [0.3, 0.4) is 0 Å². The van der Waals surface area contributed by atoms with Crippen molar-refractivity contribution >= 4 is 12.0 Å². The maximum Gasteiger partial charge on any atom is 0.522 e. The maximum absolute atomic E-state index is 12.0. The molecule has 2 amide bonds. The van der Waals surface area contributed by atoms with Gasteiger partial charge >= 0.3 is 12.5 Å². The zero-order valence-electron chi connectivity index (χ0n) is 15.6. The monoisotopic (exact) mass is 394 g/mol. The van der Waals surface area contributed by atoms with Gasteiger partial charge in [0.1, 0.15) is 12.2 Å². The Labute approximate surface area is 155 Å². The van der Waals surface area contributed by atoms with Crippen molar-refractivity contribution < 1.29 is 37.0 Å². The summed E-state index contributed by atoms with van der Waals surface area (Å²) in [6.45, 7) is 5.37. The molecule has 0 spiro atoms. The SMILES string of the molecule is CC(C)(C)NC(=O)OC12CC(NC(=O)COC3CC(OC(F)(F)F)C3)(C1)C2. The summed E-state index contributed by atoms with van der Waals surface area (Å²) in [5.74, 6) is -0.317. The fourth-order valence-corrected chi connectivity index (χ4v) is 3.93. The molecule has 0 aromatic rings. The van der Waals surface area contributed by atoms with E-state index in [1.165, 1.54) is 0 Å². The van der Waals surface area contributed by atoms with E-state index in [-0.39, 0.29) is 36.4 Å². The van der Waals surface area contributed by atoms with Gasteiger partial charge in [-0.3, -0.25) is 9.53 Å². The van der Waals surface area contributed by atoms with Gasteiger partial charge in [-0.05, 0) is 20.8 Å². The van der Waals surface area contributed by atoms with Gasteiger partial charge in [0, 0.05) is 37.6 Å². The molecule has 4 fully saturated rings. The van der Waals surface area contributed by atoms with E-state index in [4.69, 9.17) is 9.47 Å². The Morgan fingerprint density at radius 1 is 1.07 bits per heavy atom. The molecule has 4 aliphatic rings. The van der Waals surface area contributed by atoms with E-state index in [1.807, 2.05) is 20.8 Å². The van der Waals surface area contributed by atoms with Crippen LogP contribution in [0.25, 0.3) is 0 Å². The van der Waals surface area contributed by atoms with E-state index in [9.17, 15) is 22.8 Å². The third-order valence-electron chi connectivity index (χ3n) is 4.97. The smallest absolute Gasteiger partial charge is 0.443 e. The number of alkyl carbamates (subject to hydrolysis) is 1. The summed E-state index contributed by atoms with van der Waals surface area (Å²) in [6.07, 6.45) is -4.46. The van der Waals surface area contributed by atoms with Crippen LogP contribution < -0.4 is 10.6 Å². The second-order valence-corrected chi connectivity index (χ2v) is 8.90. The first-order chi connectivity index (χ1) is 12.3. The molecule has 0 aromatic heterocycles. The molecule has 4 aliphatic carbocycles. The Morgan fingerprint density at radius 2 is 1.67 bits per heavy atom. The van der Waals surface area contributed by atoms with Crippen LogP contribution in [-0.4, -0.2) is 53.9 Å². The quantitative estimate of drug-likeness (QED) is 0.723. The highest BCUT2D eigenvalue weighted by molar-refractivity contribution is 5.79. The summed E-state index contributed by atoms with van der Waals surface area (Å²) < 4.78 is 50.7. The minimum Gasteiger partial charge on any atom is -0.443 e. The minimum atomic E-state index is -4.64. The number of nitrogens with one attached hydrogen (secondary N) is 2. The van der Waals surface area contributed by atoms with Gasteiger partial charge in [0.15, 0.2) is 0 Å². The Hall–Kier alpha value is -1.55. The lowest BCUT2D eigenvalue weighted by Crippen LogP contribution is -2.80. The van der Waals surface area contributed by atoms with Crippen LogP contribution in [0.4, 0.5) is 18.0 Å². The van der Waals surface area contributed by atoms with E-state index >= 15 is 0 Å². The molecular formula is C17H25F3N2O5. The van der Waals surface area contributed by atoms with Gasteiger partial charge in [-0.25, -0.2) is 4.79 Å². The summed E-state index contributed by atoms with van der Waals surface area (Å²) in [5, 5.41) is 5.61. The maximum atomic E-state index is 12.0. The average Bonchev–Trinajstić information content (AvgIpc) is 2.33. The highest BCUT2D eigenvalue weighted by Crippen LogP contribution is 2.62. The Bertz CT molecular complexity index is 591. The zero-order valence-corrected chi connectivity index (χ0v) is 15.6. The normalized spacial score (nSPS) is 34.6. The standard InChI is InChI=1S/C17H25F3N2O5/c1-14(2,3)22-13(24)27-16-7-15(8-16,9-16)21-12(23)6-25-10-4-11(5-10)26-17(18,19)20/h10-11H,4-9H2,1-3H3,(H,21,23)(H,22,24). The molecule has 2 bridgehead atoms. The molecule has 4 rings (SSSR count). The van der Waals surface area contributed by atoms with Crippen molar-refractivity contribution in [3.05, 3.63) is 0 Å². The summed E-state index contributed by atoms with van der Waals surface area (Å²) in [6, 6.07) is 0. The predicted octanol–water partition coefficient (Wildman–Crippen LogP) is 2.39. The summed E-state index contributed by atoms with van der Waals surface area (Å²) >= 11 is 0. The number of hydrogen-bond acceptors (Lipinski definition) is 5. The second kappa shape index (κ2) is 6.51. The molecule has 27 heavy (non-hydrogen) atoms. The van der Waals surface area contributed by atoms with Crippen LogP contribution in [0.2, 0.25) is 0 Å². The van der Waals surface area contributed by atoms with Gasteiger partial charge in [0.2, 0.25) is 5.91 Å². The van der Waals surface area contributed by atoms with Crippen molar-refractivity contribution in [2.24, 2.45) is 0 Å². The first-order valence-electron chi connectivity index (χ1n) is 8.96. The molecule has 0 radical (unpaired) electrons. The second-order valence-electron chi connectivity index (χ2n) is 8.90. The highest BCUT2D eigenvalue weighted by Gasteiger charge is 2.71. The molecule has 4 saturated carbocycles.